The molecule has 0 aliphatic rings. The number of hydrogen-bond acceptors (Lipinski definition) is 4. The minimum Gasteiger partial charge on any atom is -0.493 e. The van der Waals surface area contributed by atoms with Crippen molar-refractivity contribution in [3.8, 4) is 11.5 Å². The molecule has 5 heteroatoms. The molecule has 3 rings (SSSR count). The molecule has 0 fully saturated rings. The highest BCUT2D eigenvalue weighted by Gasteiger charge is 2.07. The maximum absolute atomic E-state index is 12.2. The highest BCUT2D eigenvalue weighted by molar-refractivity contribution is 5.92. The van der Waals surface area contributed by atoms with Gasteiger partial charge in [0, 0.05) is 17.1 Å². The zero-order chi connectivity index (χ0) is 19.9. The average molecular weight is 376 g/mol. The molecule has 2 N–H and O–H groups in total. The Kier molecular flexibility index (Phi) is 6.17. The summed E-state index contributed by atoms with van der Waals surface area (Å²) in [4.78, 5) is 12.2. The number of rotatable bonds is 7. The summed E-state index contributed by atoms with van der Waals surface area (Å²) in [5.41, 5.74) is 5.11. The highest BCUT2D eigenvalue weighted by Crippen LogP contribution is 2.26. The van der Waals surface area contributed by atoms with Crippen molar-refractivity contribution in [2.75, 3.05) is 24.4 Å². The number of hydrogen-bond donors (Lipinski definition) is 2. The maximum atomic E-state index is 12.2. The van der Waals surface area contributed by atoms with E-state index < -0.39 is 0 Å². The van der Waals surface area contributed by atoms with Gasteiger partial charge in [0.05, 0.1) is 7.11 Å². The van der Waals surface area contributed by atoms with E-state index in [0.29, 0.717) is 17.2 Å². The number of ether oxygens (including phenoxy) is 2. The third-order valence-electron chi connectivity index (χ3n) is 4.27. The predicted octanol–water partition coefficient (Wildman–Crippen LogP) is 5.07. The summed E-state index contributed by atoms with van der Waals surface area (Å²) in [6, 6.07) is 21.1. The van der Waals surface area contributed by atoms with Crippen LogP contribution in [0, 0.1) is 13.8 Å². The second kappa shape index (κ2) is 8.95. The Balaban J connectivity index is 1.56. The number of anilines is 3. The second-order valence-electron chi connectivity index (χ2n) is 6.51. The molecule has 0 saturated heterocycles. The molecule has 0 aromatic heterocycles. The first-order valence-electron chi connectivity index (χ1n) is 9.05. The van der Waals surface area contributed by atoms with E-state index in [4.69, 9.17) is 9.47 Å². The quantitative estimate of drug-likeness (QED) is 0.604. The van der Waals surface area contributed by atoms with Gasteiger partial charge in [0.2, 0.25) is 0 Å². The summed E-state index contributed by atoms with van der Waals surface area (Å²) < 4.78 is 10.7. The molecule has 0 radical (unpaired) electrons. The number of aryl methyl sites for hydroxylation is 2. The lowest BCUT2D eigenvalue weighted by molar-refractivity contribution is -0.118. The van der Waals surface area contributed by atoms with Crippen LogP contribution in [0.15, 0.2) is 66.7 Å². The average Bonchev–Trinajstić information content (AvgIpc) is 2.71. The van der Waals surface area contributed by atoms with Gasteiger partial charge < -0.3 is 20.1 Å². The predicted molar refractivity (Wildman–Crippen MR) is 113 cm³/mol. The lowest BCUT2D eigenvalue weighted by atomic mass is 10.1. The summed E-state index contributed by atoms with van der Waals surface area (Å²) in [6.07, 6.45) is 0. The topological polar surface area (TPSA) is 59.6 Å². The molecule has 144 valence electrons. The molecule has 5 nitrogen and oxygen atoms in total. The number of para-hydroxylation sites is 2. The van der Waals surface area contributed by atoms with Crippen molar-refractivity contribution in [2.24, 2.45) is 0 Å². The van der Waals surface area contributed by atoms with Gasteiger partial charge in [-0.25, -0.2) is 0 Å². The molecule has 0 spiro atoms. The molecule has 0 aliphatic carbocycles. The van der Waals surface area contributed by atoms with Gasteiger partial charge in [-0.3, -0.25) is 4.79 Å². The third kappa shape index (κ3) is 5.04. The molecule has 0 saturated carbocycles. The van der Waals surface area contributed by atoms with Crippen molar-refractivity contribution in [3.05, 3.63) is 77.9 Å². The number of benzene rings is 3. The number of carbonyl (C=O) groups is 1. The Labute approximate surface area is 165 Å². The molecule has 3 aromatic rings. The van der Waals surface area contributed by atoms with E-state index in [-0.39, 0.29) is 12.5 Å². The lowest BCUT2D eigenvalue weighted by Crippen LogP contribution is -2.20. The molecule has 0 atom stereocenters. The number of methoxy groups -OCH3 is 1. The number of nitrogens with one attached hydrogen (secondary N) is 2. The van der Waals surface area contributed by atoms with Crippen molar-refractivity contribution >= 4 is 23.0 Å². The van der Waals surface area contributed by atoms with Crippen LogP contribution in [-0.4, -0.2) is 19.6 Å². The van der Waals surface area contributed by atoms with Crippen LogP contribution in [0.2, 0.25) is 0 Å². The molecule has 0 aliphatic heterocycles. The van der Waals surface area contributed by atoms with Crippen molar-refractivity contribution in [3.63, 3.8) is 0 Å². The van der Waals surface area contributed by atoms with E-state index in [2.05, 4.69) is 42.7 Å². The normalized spacial score (nSPS) is 10.2. The largest absolute Gasteiger partial charge is 0.493 e. The Hall–Kier alpha value is -3.47. The van der Waals surface area contributed by atoms with Gasteiger partial charge >= 0.3 is 0 Å². The van der Waals surface area contributed by atoms with Crippen LogP contribution in [0.1, 0.15) is 11.1 Å². The van der Waals surface area contributed by atoms with Crippen molar-refractivity contribution in [1.82, 2.24) is 0 Å². The van der Waals surface area contributed by atoms with E-state index in [1.807, 2.05) is 36.4 Å². The molecule has 1 amide bonds. The van der Waals surface area contributed by atoms with Gasteiger partial charge in [0.1, 0.15) is 0 Å². The van der Waals surface area contributed by atoms with Crippen LogP contribution in [0.5, 0.6) is 11.5 Å². The van der Waals surface area contributed by atoms with E-state index >= 15 is 0 Å². The van der Waals surface area contributed by atoms with Crippen LogP contribution in [0.3, 0.4) is 0 Å². The van der Waals surface area contributed by atoms with Gasteiger partial charge in [0.15, 0.2) is 18.1 Å². The molecule has 3 aromatic carbocycles. The van der Waals surface area contributed by atoms with E-state index in [1.165, 1.54) is 11.1 Å². The number of amides is 1. The maximum Gasteiger partial charge on any atom is 0.262 e. The summed E-state index contributed by atoms with van der Waals surface area (Å²) in [6.45, 7) is 4.04. The lowest BCUT2D eigenvalue weighted by Gasteiger charge is -2.12. The zero-order valence-electron chi connectivity index (χ0n) is 16.3. The van der Waals surface area contributed by atoms with Crippen molar-refractivity contribution in [2.45, 2.75) is 13.8 Å². The van der Waals surface area contributed by atoms with Gasteiger partial charge in [-0.05, 0) is 67.4 Å². The molecular weight excluding hydrogens is 352 g/mol. The fourth-order valence-corrected chi connectivity index (χ4v) is 2.74. The highest BCUT2D eigenvalue weighted by atomic mass is 16.5. The monoisotopic (exact) mass is 376 g/mol. The van der Waals surface area contributed by atoms with E-state index in [1.54, 1.807) is 19.2 Å². The first-order valence-corrected chi connectivity index (χ1v) is 9.05. The number of carbonyl (C=O) groups excluding carboxylic acids is 1. The zero-order valence-corrected chi connectivity index (χ0v) is 16.3. The van der Waals surface area contributed by atoms with Crippen LogP contribution in [0.4, 0.5) is 17.1 Å². The minimum atomic E-state index is -0.235. The summed E-state index contributed by atoms with van der Waals surface area (Å²) >= 11 is 0. The van der Waals surface area contributed by atoms with Crippen LogP contribution in [-0.2, 0) is 4.79 Å². The first-order chi connectivity index (χ1) is 13.5. The Morgan fingerprint density at radius 1 is 0.893 bits per heavy atom. The van der Waals surface area contributed by atoms with Gasteiger partial charge in [-0.2, -0.15) is 0 Å². The van der Waals surface area contributed by atoms with Crippen LogP contribution < -0.4 is 20.1 Å². The van der Waals surface area contributed by atoms with E-state index in [0.717, 1.165) is 11.4 Å². The summed E-state index contributed by atoms with van der Waals surface area (Å²) in [5.74, 6) is 0.895. The summed E-state index contributed by atoms with van der Waals surface area (Å²) in [5, 5.41) is 6.23. The molecule has 0 unspecified atom stereocenters. The van der Waals surface area contributed by atoms with Crippen molar-refractivity contribution < 1.29 is 14.3 Å². The Morgan fingerprint density at radius 2 is 1.57 bits per heavy atom. The standard InChI is InChI=1S/C23H24N2O3/c1-16-8-9-17(2)20(14-16)24-18-10-12-19(13-11-18)25-23(26)15-28-22-7-5-4-6-21(22)27-3/h4-14,24H,15H2,1-3H3,(H,25,26). The van der Waals surface area contributed by atoms with Gasteiger partial charge in [-0.1, -0.05) is 24.3 Å². The Morgan fingerprint density at radius 3 is 2.29 bits per heavy atom. The fourth-order valence-electron chi connectivity index (χ4n) is 2.74. The van der Waals surface area contributed by atoms with Crippen molar-refractivity contribution in [1.29, 1.82) is 0 Å². The third-order valence-corrected chi connectivity index (χ3v) is 4.27. The van der Waals surface area contributed by atoms with Gasteiger partial charge in [0.25, 0.3) is 5.91 Å². The second-order valence-corrected chi connectivity index (χ2v) is 6.51. The van der Waals surface area contributed by atoms with Crippen LogP contribution in [0.25, 0.3) is 0 Å². The summed E-state index contributed by atoms with van der Waals surface area (Å²) in [7, 11) is 1.57. The van der Waals surface area contributed by atoms with Crippen LogP contribution >= 0.6 is 0 Å². The SMILES string of the molecule is COc1ccccc1OCC(=O)Nc1ccc(Nc2cc(C)ccc2C)cc1. The molecular formula is C23H24N2O3. The molecule has 0 heterocycles. The minimum absolute atomic E-state index is 0.0944. The Bertz CT molecular complexity index is 952. The fraction of sp³-hybridized carbons (Fsp3) is 0.174. The molecule has 0 bridgehead atoms. The first kappa shape index (κ1) is 19.3. The van der Waals surface area contributed by atoms with Gasteiger partial charge in [-0.15, -0.1) is 0 Å². The smallest absolute Gasteiger partial charge is 0.262 e. The van der Waals surface area contributed by atoms with E-state index in [9.17, 15) is 4.79 Å². The molecule has 28 heavy (non-hydrogen) atoms.